The Morgan fingerprint density at radius 3 is 1.38 bits per heavy atom. The standard InChI is InChI=1S/C3H8O2.2C3H6O/c1-3(5)2-4;2*1-3-2-4-3/h3-5H,2H2,1H3;2*3H,2H2,1H3. The highest BCUT2D eigenvalue weighted by Crippen LogP contribution is 2.04. The molecule has 2 aliphatic rings. The van der Waals surface area contributed by atoms with Gasteiger partial charge in [0.1, 0.15) is 0 Å². The predicted molar refractivity (Wildman–Crippen MR) is 49.6 cm³/mol. The van der Waals surface area contributed by atoms with Gasteiger partial charge in [0, 0.05) is 0 Å². The predicted octanol–water partition coefficient (Wildman–Crippen LogP) is 0.170. The summed E-state index contributed by atoms with van der Waals surface area (Å²) in [5.74, 6) is 0. The fourth-order valence-corrected chi connectivity index (χ4v) is 0.192. The van der Waals surface area contributed by atoms with Crippen molar-refractivity contribution in [2.75, 3.05) is 19.8 Å². The van der Waals surface area contributed by atoms with Gasteiger partial charge in [-0.3, -0.25) is 0 Å². The van der Waals surface area contributed by atoms with Gasteiger partial charge in [0.05, 0.1) is 38.1 Å². The Hall–Kier alpha value is -0.160. The highest BCUT2D eigenvalue weighted by molar-refractivity contribution is 4.58. The van der Waals surface area contributed by atoms with E-state index in [-0.39, 0.29) is 6.61 Å². The van der Waals surface area contributed by atoms with Crippen molar-refractivity contribution in [1.29, 1.82) is 0 Å². The van der Waals surface area contributed by atoms with Crippen LogP contribution in [0.1, 0.15) is 20.8 Å². The first-order chi connectivity index (χ1) is 6.06. The minimum atomic E-state index is -0.560. The van der Waals surface area contributed by atoms with E-state index in [1.165, 1.54) is 6.92 Å². The zero-order chi connectivity index (χ0) is 10.3. The van der Waals surface area contributed by atoms with Crippen molar-refractivity contribution < 1.29 is 19.7 Å². The highest BCUT2D eigenvalue weighted by Gasteiger charge is 2.13. The second kappa shape index (κ2) is 7.26. The summed E-state index contributed by atoms with van der Waals surface area (Å²) >= 11 is 0. The summed E-state index contributed by atoms with van der Waals surface area (Å²) in [7, 11) is 0. The number of hydrogen-bond acceptors (Lipinski definition) is 4. The third-order valence-electron chi connectivity index (χ3n) is 1.26. The minimum Gasteiger partial charge on any atom is -0.394 e. The van der Waals surface area contributed by atoms with E-state index in [9.17, 15) is 0 Å². The molecule has 2 N–H and O–H groups in total. The smallest absolute Gasteiger partial charge is 0.0781 e. The highest BCUT2D eigenvalue weighted by atomic mass is 16.6. The fourth-order valence-electron chi connectivity index (χ4n) is 0.192. The van der Waals surface area contributed by atoms with Crippen molar-refractivity contribution in [3.05, 3.63) is 0 Å². The molecular formula is C9H20O4. The number of epoxide rings is 2. The van der Waals surface area contributed by atoms with E-state index in [1.54, 1.807) is 0 Å². The molecule has 0 bridgehead atoms. The first kappa shape index (κ1) is 12.8. The molecular weight excluding hydrogens is 172 g/mol. The Bertz CT molecular complexity index is 98.2. The van der Waals surface area contributed by atoms with Crippen LogP contribution in [0.15, 0.2) is 0 Å². The van der Waals surface area contributed by atoms with E-state index < -0.39 is 6.10 Å². The van der Waals surface area contributed by atoms with E-state index in [0.29, 0.717) is 12.2 Å². The number of rotatable bonds is 1. The molecule has 4 nitrogen and oxygen atoms in total. The summed E-state index contributed by atoms with van der Waals surface area (Å²) in [4.78, 5) is 0. The lowest BCUT2D eigenvalue weighted by Crippen LogP contribution is -2.03. The van der Waals surface area contributed by atoms with E-state index in [0.717, 1.165) is 13.2 Å². The maximum Gasteiger partial charge on any atom is 0.0781 e. The lowest BCUT2D eigenvalue weighted by molar-refractivity contribution is 0.110. The topological polar surface area (TPSA) is 65.5 Å². The van der Waals surface area contributed by atoms with Gasteiger partial charge in [-0.2, -0.15) is 0 Å². The lowest BCUT2D eigenvalue weighted by Gasteiger charge is -1.90. The van der Waals surface area contributed by atoms with Crippen molar-refractivity contribution in [1.82, 2.24) is 0 Å². The van der Waals surface area contributed by atoms with Crippen molar-refractivity contribution in [2.45, 2.75) is 39.1 Å². The van der Waals surface area contributed by atoms with E-state index in [4.69, 9.17) is 19.7 Å². The first-order valence-corrected chi connectivity index (χ1v) is 4.58. The maximum absolute atomic E-state index is 8.11. The first-order valence-electron chi connectivity index (χ1n) is 4.58. The second-order valence-electron chi connectivity index (χ2n) is 3.32. The van der Waals surface area contributed by atoms with Crippen LogP contribution in [0.3, 0.4) is 0 Å². The van der Waals surface area contributed by atoms with Crippen LogP contribution in [0.25, 0.3) is 0 Å². The van der Waals surface area contributed by atoms with Crippen molar-refractivity contribution in [3.8, 4) is 0 Å². The largest absolute Gasteiger partial charge is 0.394 e. The second-order valence-corrected chi connectivity index (χ2v) is 3.32. The maximum atomic E-state index is 8.11. The van der Waals surface area contributed by atoms with Gasteiger partial charge in [-0.05, 0) is 20.8 Å². The van der Waals surface area contributed by atoms with Crippen molar-refractivity contribution in [3.63, 3.8) is 0 Å². The Kier molecular flexibility index (Phi) is 7.17. The Morgan fingerprint density at radius 1 is 1.23 bits per heavy atom. The molecule has 3 atom stereocenters. The van der Waals surface area contributed by atoms with Crippen LogP contribution in [-0.2, 0) is 9.47 Å². The quantitative estimate of drug-likeness (QED) is 0.581. The zero-order valence-corrected chi connectivity index (χ0v) is 8.56. The van der Waals surface area contributed by atoms with E-state index in [2.05, 4.69) is 13.8 Å². The molecule has 0 spiro atoms. The molecule has 2 saturated heterocycles. The molecule has 0 aromatic heterocycles. The Balaban J connectivity index is 0.000000167. The number of hydrogen-bond donors (Lipinski definition) is 2. The molecule has 0 aromatic carbocycles. The van der Waals surface area contributed by atoms with Gasteiger partial charge < -0.3 is 19.7 Å². The van der Waals surface area contributed by atoms with Gasteiger partial charge >= 0.3 is 0 Å². The van der Waals surface area contributed by atoms with Gasteiger partial charge in [-0.1, -0.05) is 0 Å². The molecule has 2 rings (SSSR count). The third-order valence-corrected chi connectivity index (χ3v) is 1.26. The zero-order valence-electron chi connectivity index (χ0n) is 8.56. The average Bonchev–Trinajstić information content (AvgIpc) is 2.94. The molecule has 0 saturated carbocycles. The van der Waals surface area contributed by atoms with Gasteiger partial charge in [-0.15, -0.1) is 0 Å². The van der Waals surface area contributed by atoms with Crippen molar-refractivity contribution >= 4 is 0 Å². The van der Waals surface area contributed by atoms with Crippen LogP contribution in [0.2, 0.25) is 0 Å². The molecule has 0 amide bonds. The van der Waals surface area contributed by atoms with Gasteiger partial charge in [-0.25, -0.2) is 0 Å². The summed E-state index contributed by atoms with van der Waals surface area (Å²) in [5.41, 5.74) is 0. The molecule has 4 heteroatoms. The lowest BCUT2D eigenvalue weighted by atomic mass is 10.5. The van der Waals surface area contributed by atoms with Gasteiger partial charge in [0.15, 0.2) is 0 Å². The summed E-state index contributed by atoms with van der Waals surface area (Å²) in [6, 6.07) is 0. The molecule has 80 valence electrons. The Morgan fingerprint density at radius 2 is 1.38 bits per heavy atom. The molecule has 2 fully saturated rings. The monoisotopic (exact) mass is 192 g/mol. The summed E-state index contributed by atoms with van der Waals surface area (Å²) in [5, 5.41) is 16.0. The number of ether oxygens (including phenoxy) is 2. The van der Waals surface area contributed by atoms with E-state index >= 15 is 0 Å². The molecule has 2 aliphatic heterocycles. The molecule has 0 aliphatic carbocycles. The van der Waals surface area contributed by atoms with Gasteiger partial charge in [0.2, 0.25) is 0 Å². The Labute approximate surface area is 79.5 Å². The molecule has 2 heterocycles. The van der Waals surface area contributed by atoms with Gasteiger partial charge in [0.25, 0.3) is 0 Å². The fraction of sp³-hybridized carbons (Fsp3) is 1.00. The average molecular weight is 192 g/mol. The molecule has 0 aromatic rings. The molecule has 13 heavy (non-hydrogen) atoms. The van der Waals surface area contributed by atoms with Crippen LogP contribution >= 0.6 is 0 Å². The number of aliphatic hydroxyl groups excluding tert-OH is 2. The van der Waals surface area contributed by atoms with Crippen LogP contribution in [0.4, 0.5) is 0 Å². The summed E-state index contributed by atoms with van der Waals surface area (Å²) in [6.45, 7) is 7.47. The SMILES string of the molecule is CC(O)CO.CC1CO1.CC1CO1. The van der Waals surface area contributed by atoms with E-state index in [1.807, 2.05) is 0 Å². The summed E-state index contributed by atoms with van der Waals surface area (Å²) < 4.78 is 9.42. The normalized spacial score (nSPS) is 30.2. The third kappa shape index (κ3) is 18.7. The minimum absolute atomic E-state index is 0.139. The van der Waals surface area contributed by atoms with Crippen LogP contribution < -0.4 is 0 Å². The molecule has 3 unspecified atom stereocenters. The molecule has 0 radical (unpaired) electrons. The summed E-state index contributed by atoms with van der Waals surface area (Å²) in [6.07, 6.45) is 0.606. The van der Waals surface area contributed by atoms with Crippen molar-refractivity contribution in [2.24, 2.45) is 0 Å². The van der Waals surface area contributed by atoms with Crippen LogP contribution in [-0.4, -0.2) is 48.3 Å². The van der Waals surface area contributed by atoms with Crippen LogP contribution in [0, 0.1) is 0 Å². The van der Waals surface area contributed by atoms with Crippen LogP contribution in [0.5, 0.6) is 0 Å². The number of aliphatic hydroxyl groups is 2.